The van der Waals surface area contributed by atoms with E-state index in [1.807, 2.05) is 59.3 Å². The van der Waals surface area contributed by atoms with Crippen LogP contribution in [0.2, 0.25) is 5.02 Å². The molecule has 1 aromatic heterocycles. The first-order valence-corrected chi connectivity index (χ1v) is 10.8. The quantitative estimate of drug-likeness (QED) is 0.561. The summed E-state index contributed by atoms with van der Waals surface area (Å²) in [4.78, 5) is 13.3. The summed E-state index contributed by atoms with van der Waals surface area (Å²) in [6, 6.07) is 17.3. The number of methoxy groups -OCH3 is 1. The smallest absolute Gasteiger partial charge is 0.163 e. The standard InChI is InChI=1S/C25H24ClN3O2/c1-25(2)13-20-23(21(30)14-25)24(16-4-8-17(26)9-5-16)29-22(27-20)12-19(28-29)15-6-10-18(31-3)11-7-15/h4-12,24,27H,13-14H2,1-3H3/t24-/m0/s1. The van der Waals surface area contributed by atoms with Crippen molar-refractivity contribution in [3.8, 4) is 17.0 Å². The first-order valence-electron chi connectivity index (χ1n) is 10.4. The Hall–Kier alpha value is -3.05. The Morgan fingerprint density at radius 1 is 1.10 bits per heavy atom. The lowest BCUT2D eigenvalue weighted by molar-refractivity contribution is -0.118. The van der Waals surface area contributed by atoms with Crippen molar-refractivity contribution in [1.29, 1.82) is 0 Å². The Labute approximate surface area is 186 Å². The summed E-state index contributed by atoms with van der Waals surface area (Å²) in [5, 5.41) is 9.10. The molecule has 1 aliphatic carbocycles. The summed E-state index contributed by atoms with van der Waals surface area (Å²) in [6.07, 6.45) is 1.35. The molecule has 2 aliphatic rings. The Bertz CT molecular complexity index is 1190. The zero-order chi connectivity index (χ0) is 21.8. The molecule has 0 unspecified atom stereocenters. The summed E-state index contributed by atoms with van der Waals surface area (Å²) in [5.74, 6) is 1.86. The van der Waals surface area contributed by atoms with Crippen LogP contribution in [-0.2, 0) is 4.79 Å². The van der Waals surface area contributed by atoms with Crippen LogP contribution in [0, 0.1) is 5.41 Å². The highest BCUT2D eigenvalue weighted by Crippen LogP contribution is 2.46. The predicted molar refractivity (Wildman–Crippen MR) is 122 cm³/mol. The van der Waals surface area contributed by atoms with Crippen molar-refractivity contribution < 1.29 is 9.53 Å². The highest BCUT2D eigenvalue weighted by molar-refractivity contribution is 6.30. The summed E-state index contributed by atoms with van der Waals surface area (Å²) < 4.78 is 7.20. The molecular formula is C25H24ClN3O2. The molecule has 0 fully saturated rings. The molecule has 1 N–H and O–H groups in total. The molecule has 0 saturated heterocycles. The van der Waals surface area contributed by atoms with Gasteiger partial charge in [0.05, 0.1) is 12.8 Å². The lowest BCUT2D eigenvalue weighted by atomic mass is 9.73. The van der Waals surface area contributed by atoms with Crippen LogP contribution in [0.3, 0.4) is 0 Å². The lowest BCUT2D eigenvalue weighted by Crippen LogP contribution is -2.36. The summed E-state index contributed by atoms with van der Waals surface area (Å²) >= 11 is 6.14. The van der Waals surface area contributed by atoms with Crippen molar-refractivity contribution in [2.75, 3.05) is 12.4 Å². The topological polar surface area (TPSA) is 56.2 Å². The molecule has 31 heavy (non-hydrogen) atoms. The summed E-state index contributed by atoms with van der Waals surface area (Å²) in [5.41, 5.74) is 4.55. The fourth-order valence-corrected chi connectivity index (χ4v) is 4.71. The third-order valence-corrected chi connectivity index (χ3v) is 6.28. The number of nitrogens with zero attached hydrogens (tertiary/aromatic N) is 2. The molecule has 158 valence electrons. The molecule has 0 amide bonds. The normalized spacial score (nSPS) is 19.5. The van der Waals surface area contributed by atoms with Crippen LogP contribution in [0.15, 0.2) is 65.9 Å². The first kappa shape index (κ1) is 19.9. The van der Waals surface area contributed by atoms with E-state index in [-0.39, 0.29) is 17.2 Å². The number of nitrogens with one attached hydrogen (secondary N) is 1. The van der Waals surface area contributed by atoms with Gasteiger partial charge in [-0.1, -0.05) is 37.6 Å². The van der Waals surface area contributed by atoms with Crippen LogP contribution in [0.25, 0.3) is 11.3 Å². The molecule has 1 aliphatic heterocycles. The molecule has 0 spiro atoms. The second-order valence-electron chi connectivity index (χ2n) is 9.00. The molecule has 2 heterocycles. The van der Waals surface area contributed by atoms with Gasteiger partial charge in [-0.3, -0.25) is 4.79 Å². The number of rotatable bonds is 3. The van der Waals surface area contributed by atoms with E-state index in [0.29, 0.717) is 11.4 Å². The van der Waals surface area contributed by atoms with Crippen LogP contribution in [0.1, 0.15) is 38.3 Å². The van der Waals surface area contributed by atoms with Crippen molar-refractivity contribution >= 4 is 23.2 Å². The number of ether oxygens (including phenoxy) is 1. The van der Waals surface area contributed by atoms with E-state index >= 15 is 0 Å². The minimum atomic E-state index is -0.279. The zero-order valence-electron chi connectivity index (χ0n) is 17.8. The minimum Gasteiger partial charge on any atom is -0.497 e. The average Bonchev–Trinajstić information content (AvgIpc) is 3.16. The fourth-order valence-electron chi connectivity index (χ4n) is 4.58. The molecule has 5 rings (SSSR count). The number of halogens is 1. The van der Waals surface area contributed by atoms with Crippen LogP contribution in [0.4, 0.5) is 5.82 Å². The maximum absolute atomic E-state index is 13.3. The Kier molecular flexibility index (Phi) is 4.67. The maximum Gasteiger partial charge on any atom is 0.163 e. The minimum absolute atomic E-state index is 0.0749. The molecular weight excluding hydrogens is 410 g/mol. The van der Waals surface area contributed by atoms with E-state index < -0.39 is 0 Å². The van der Waals surface area contributed by atoms with Crippen molar-refractivity contribution in [3.05, 3.63) is 76.5 Å². The van der Waals surface area contributed by atoms with Crippen LogP contribution in [0.5, 0.6) is 5.75 Å². The number of aromatic nitrogens is 2. The van der Waals surface area contributed by atoms with Crippen LogP contribution >= 0.6 is 11.6 Å². The van der Waals surface area contributed by atoms with Gasteiger partial charge in [-0.05, 0) is 53.8 Å². The maximum atomic E-state index is 13.3. The predicted octanol–water partition coefficient (Wildman–Crippen LogP) is 5.87. The number of carbonyl (C=O) groups excluding carboxylic acids is 1. The highest BCUT2D eigenvalue weighted by atomic mass is 35.5. The number of fused-ring (bicyclic) bond motifs is 1. The molecule has 3 aromatic rings. The van der Waals surface area contributed by atoms with Crippen molar-refractivity contribution in [2.24, 2.45) is 5.41 Å². The molecule has 2 aromatic carbocycles. The van der Waals surface area contributed by atoms with Crippen molar-refractivity contribution in [1.82, 2.24) is 9.78 Å². The Morgan fingerprint density at radius 3 is 2.48 bits per heavy atom. The van der Waals surface area contributed by atoms with Gasteiger partial charge in [0.15, 0.2) is 5.78 Å². The number of hydrogen-bond acceptors (Lipinski definition) is 4. The van der Waals surface area contributed by atoms with Crippen molar-refractivity contribution in [3.63, 3.8) is 0 Å². The van der Waals surface area contributed by atoms with Gasteiger partial charge in [0.1, 0.15) is 17.6 Å². The van der Waals surface area contributed by atoms with E-state index in [4.69, 9.17) is 21.4 Å². The number of ketones is 1. The van der Waals surface area contributed by atoms with Gasteiger partial charge in [0, 0.05) is 34.3 Å². The summed E-state index contributed by atoms with van der Waals surface area (Å²) in [6.45, 7) is 4.28. The van der Waals surface area contributed by atoms with Gasteiger partial charge in [0.25, 0.3) is 0 Å². The van der Waals surface area contributed by atoms with E-state index in [2.05, 4.69) is 19.2 Å². The third-order valence-electron chi connectivity index (χ3n) is 6.02. The molecule has 0 bridgehead atoms. The fraction of sp³-hybridized carbons (Fsp3) is 0.280. The molecule has 6 heteroatoms. The second-order valence-corrected chi connectivity index (χ2v) is 9.44. The zero-order valence-corrected chi connectivity index (χ0v) is 18.5. The molecule has 0 saturated carbocycles. The lowest BCUT2D eigenvalue weighted by Gasteiger charge is -2.38. The highest BCUT2D eigenvalue weighted by Gasteiger charge is 2.41. The van der Waals surface area contributed by atoms with E-state index in [1.165, 1.54) is 0 Å². The van der Waals surface area contributed by atoms with Gasteiger partial charge < -0.3 is 10.1 Å². The Balaban J connectivity index is 1.64. The van der Waals surface area contributed by atoms with Gasteiger partial charge >= 0.3 is 0 Å². The second kappa shape index (κ2) is 7.27. The van der Waals surface area contributed by atoms with E-state index in [0.717, 1.165) is 46.1 Å². The number of Topliss-reactive ketones (excluding diaryl/α,β-unsaturated/α-hetero) is 1. The van der Waals surface area contributed by atoms with E-state index in [9.17, 15) is 4.79 Å². The van der Waals surface area contributed by atoms with Gasteiger partial charge in [0.2, 0.25) is 0 Å². The number of anilines is 1. The van der Waals surface area contributed by atoms with Crippen molar-refractivity contribution in [2.45, 2.75) is 32.7 Å². The molecule has 1 atom stereocenters. The number of benzene rings is 2. The van der Waals surface area contributed by atoms with Gasteiger partial charge in [-0.2, -0.15) is 5.10 Å². The largest absolute Gasteiger partial charge is 0.497 e. The Morgan fingerprint density at radius 2 is 1.81 bits per heavy atom. The number of hydrogen-bond donors (Lipinski definition) is 1. The van der Waals surface area contributed by atoms with Crippen LogP contribution in [-0.4, -0.2) is 22.7 Å². The number of carbonyl (C=O) groups is 1. The SMILES string of the molecule is COc1ccc(-c2cc3n(n2)[C@@H](c2ccc(Cl)cc2)C2=C(CC(C)(C)CC2=O)N3)cc1. The summed E-state index contributed by atoms with van der Waals surface area (Å²) in [7, 11) is 1.65. The molecule has 5 nitrogen and oxygen atoms in total. The van der Waals surface area contributed by atoms with E-state index in [1.54, 1.807) is 7.11 Å². The van der Waals surface area contributed by atoms with Gasteiger partial charge in [-0.25, -0.2) is 4.68 Å². The molecule has 0 radical (unpaired) electrons. The first-order chi connectivity index (χ1) is 14.8. The van der Waals surface area contributed by atoms with Crippen LogP contribution < -0.4 is 10.1 Å². The average molecular weight is 434 g/mol. The monoisotopic (exact) mass is 433 g/mol. The third kappa shape index (κ3) is 3.53. The van der Waals surface area contributed by atoms with Gasteiger partial charge in [-0.15, -0.1) is 0 Å². The number of allylic oxidation sites excluding steroid dienone is 2.